The molecule has 1 atom stereocenters. The number of rotatable bonds is 4. The predicted octanol–water partition coefficient (Wildman–Crippen LogP) is 10.5. The van der Waals surface area contributed by atoms with E-state index in [9.17, 15) is 0 Å². The molecule has 0 saturated heterocycles. The molecule has 0 radical (unpaired) electrons. The maximum atomic E-state index is 4.69. The van der Waals surface area contributed by atoms with E-state index in [1.807, 2.05) is 30.7 Å². The van der Waals surface area contributed by atoms with Crippen molar-refractivity contribution in [2.24, 2.45) is 0 Å². The van der Waals surface area contributed by atoms with Crippen molar-refractivity contribution in [3.63, 3.8) is 0 Å². The fraction of sp³-hybridized carbons (Fsp3) is 0.122. The normalized spacial score (nSPS) is 17.0. The lowest BCUT2D eigenvalue weighted by molar-refractivity contribution is 0.799. The van der Waals surface area contributed by atoms with Gasteiger partial charge in [-0.25, -0.2) is 0 Å². The van der Waals surface area contributed by atoms with Gasteiger partial charge in [0.25, 0.3) is 0 Å². The Kier molecular flexibility index (Phi) is 6.34. The lowest BCUT2D eigenvalue weighted by atomic mass is 9.79. The Morgan fingerprint density at radius 2 is 1.42 bits per heavy atom. The molecule has 0 amide bonds. The largest absolute Gasteiger partial charge is 0.264 e. The zero-order chi connectivity index (χ0) is 28.8. The first-order valence-electron chi connectivity index (χ1n) is 15.2. The van der Waals surface area contributed by atoms with E-state index in [1.54, 1.807) is 0 Å². The first-order chi connectivity index (χ1) is 21.2. The van der Waals surface area contributed by atoms with Crippen LogP contribution in [0.1, 0.15) is 47.6 Å². The summed E-state index contributed by atoms with van der Waals surface area (Å²) in [5.74, 6) is 0.268. The molecule has 4 aromatic carbocycles. The van der Waals surface area contributed by atoms with Gasteiger partial charge >= 0.3 is 0 Å². The summed E-state index contributed by atoms with van der Waals surface area (Å²) in [7, 11) is 0. The minimum Gasteiger partial charge on any atom is -0.264 e. The van der Waals surface area contributed by atoms with Crippen molar-refractivity contribution in [1.29, 1.82) is 0 Å². The van der Waals surface area contributed by atoms with Crippen molar-refractivity contribution in [1.82, 2.24) is 9.97 Å². The van der Waals surface area contributed by atoms with Gasteiger partial charge in [-0.15, -0.1) is 0 Å². The molecule has 2 nitrogen and oxygen atoms in total. The summed E-state index contributed by atoms with van der Waals surface area (Å²) in [5, 5.41) is 7.93. The van der Waals surface area contributed by atoms with Crippen molar-refractivity contribution in [2.75, 3.05) is 0 Å². The predicted molar refractivity (Wildman–Crippen MR) is 181 cm³/mol. The number of benzene rings is 4. The molecule has 2 aromatic heterocycles. The van der Waals surface area contributed by atoms with Gasteiger partial charge in [0, 0.05) is 24.5 Å². The Morgan fingerprint density at radius 3 is 2.26 bits per heavy atom. The Morgan fingerprint density at radius 1 is 0.651 bits per heavy atom. The van der Waals surface area contributed by atoms with Crippen LogP contribution in [0, 0.1) is 6.92 Å². The van der Waals surface area contributed by atoms with Crippen LogP contribution in [0.15, 0.2) is 145 Å². The van der Waals surface area contributed by atoms with Gasteiger partial charge in [0.05, 0.1) is 5.69 Å². The molecule has 43 heavy (non-hydrogen) atoms. The molecule has 0 aliphatic heterocycles. The van der Waals surface area contributed by atoms with Gasteiger partial charge in [-0.2, -0.15) is 0 Å². The second-order valence-corrected chi connectivity index (χ2v) is 11.8. The Balaban J connectivity index is 1.22. The van der Waals surface area contributed by atoms with E-state index in [2.05, 4.69) is 115 Å². The van der Waals surface area contributed by atoms with Crippen LogP contribution in [0.5, 0.6) is 0 Å². The van der Waals surface area contributed by atoms with Crippen LogP contribution in [0.25, 0.3) is 43.5 Å². The zero-order valence-corrected chi connectivity index (χ0v) is 24.3. The van der Waals surface area contributed by atoms with Crippen LogP contribution in [0.2, 0.25) is 0 Å². The van der Waals surface area contributed by atoms with Crippen molar-refractivity contribution >= 4 is 43.5 Å². The quantitative estimate of drug-likeness (QED) is 0.203. The van der Waals surface area contributed by atoms with Crippen LogP contribution in [-0.2, 0) is 0 Å². The van der Waals surface area contributed by atoms with Crippen molar-refractivity contribution in [2.45, 2.75) is 32.1 Å². The molecule has 0 fully saturated rings. The van der Waals surface area contributed by atoms with E-state index in [0.29, 0.717) is 0 Å². The molecule has 2 aliphatic rings. The van der Waals surface area contributed by atoms with Crippen LogP contribution < -0.4 is 0 Å². The standard InChI is InChI=1S/C41H32N2/c1-27-14-16-38-39(20-27)36-12-3-2-11-35(36)37-17-15-30(25-40(37)38)28-8-6-9-29(21-28)32-22-33(31-10-7-18-42-26-31)24-34(23-32)41-13-4-5-19-43-41/h2-5,7-8,10-21,23-26,33H,6,9,22H2,1H3. The lowest BCUT2D eigenvalue weighted by Crippen LogP contribution is -2.08. The third kappa shape index (κ3) is 4.70. The molecular formula is C41H32N2. The Hall–Kier alpha value is -5.08. The smallest absolute Gasteiger partial charge is 0.0699 e. The van der Waals surface area contributed by atoms with E-state index >= 15 is 0 Å². The van der Waals surface area contributed by atoms with Gasteiger partial charge in [0.2, 0.25) is 0 Å². The molecule has 0 N–H and O–H groups in total. The maximum absolute atomic E-state index is 4.69. The number of hydrogen-bond acceptors (Lipinski definition) is 2. The first kappa shape index (κ1) is 25.6. The topological polar surface area (TPSA) is 25.8 Å². The van der Waals surface area contributed by atoms with Gasteiger partial charge < -0.3 is 0 Å². The van der Waals surface area contributed by atoms with Crippen molar-refractivity contribution in [3.05, 3.63) is 167 Å². The fourth-order valence-electron chi connectivity index (χ4n) is 6.94. The highest BCUT2D eigenvalue weighted by atomic mass is 14.7. The van der Waals surface area contributed by atoms with E-state index in [0.717, 1.165) is 25.0 Å². The molecule has 0 spiro atoms. The fourth-order valence-corrected chi connectivity index (χ4v) is 6.94. The minimum atomic E-state index is 0.268. The molecule has 2 heterocycles. The second-order valence-electron chi connectivity index (χ2n) is 11.8. The highest BCUT2D eigenvalue weighted by molar-refractivity contribution is 6.25. The van der Waals surface area contributed by atoms with Crippen LogP contribution in [0.4, 0.5) is 0 Å². The summed E-state index contributed by atoms with van der Waals surface area (Å²) >= 11 is 0. The van der Waals surface area contributed by atoms with Gasteiger partial charge in [0.15, 0.2) is 0 Å². The minimum absolute atomic E-state index is 0.268. The molecular weight excluding hydrogens is 520 g/mol. The number of aryl methyl sites for hydroxylation is 1. The molecule has 0 bridgehead atoms. The van der Waals surface area contributed by atoms with Crippen LogP contribution in [-0.4, -0.2) is 9.97 Å². The van der Waals surface area contributed by atoms with Gasteiger partial charge in [-0.1, -0.05) is 90.5 Å². The number of aromatic nitrogens is 2. The van der Waals surface area contributed by atoms with Crippen molar-refractivity contribution in [3.8, 4) is 0 Å². The maximum Gasteiger partial charge on any atom is 0.0699 e. The summed E-state index contributed by atoms with van der Waals surface area (Å²) in [6.45, 7) is 2.18. The summed E-state index contributed by atoms with van der Waals surface area (Å²) in [5.41, 5.74) is 10.2. The van der Waals surface area contributed by atoms with E-state index in [-0.39, 0.29) is 5.92 Å². The van der Waals surface area contributed by atoms with E-state index in [4.69, 9.17) is 4.98 Å². The Bertz CT molecular complexity index is 2150. The average Bonchev–Trinajstić information content (AvgIpc) is 3.09. The number of pyridine rings is 2. The van der Waals surface area contributed by atoms with Gasteiger partial charge in [-0.3, -0.25) is 9.97 Å². The summed E-state index contributed by atoms with van der Waals surface area (Å²) in [6, 6.07) is 33.1. The Labute approximate surface area is 252 Å². The van der Waals surface area contributed by atoms with E-state index in [1.165, 1.54) is 71.3 Å². The van der Waals surface area contributed by atoms with Crippen LogP contribution >= 0.6 is 0 Å². The highest BCUT2D eigenvalue weighted by Gasteiger charge is 2.22. The summed E-state index contributed by atoms with van der Waals surface area (Å²) < 4.78 is 0. The molecule has 0 saturated carbocycles. The van der Waals surface area contributed by atoms with E-state index < -0.39 is 0 Å². The highest BCUT2D eigenvalue weighted by Crippen LogP contribution is 2.41. The third-order valence-electron chi connectivity index (χ3n) is 9.07. The molecule has 2 aliphatic carbocycles. The van der Waals surface area contributed by atoms with Crippen molar-refractivity contribution < 1.29 is 0 Å². The monoisotopic (exact) mass is 552 g/mol. The van der Waals surface area contributed by atoms with Gasteiger partial charge in [-0.05, 0) is 122 Å². The zero-order valence-electron chi connectivity index (χ0n) is 24.3. The van der Waals surface area contributed by atoms with Gasteiger partial charge in [0.1, 0.15) is 0 Å². The molecule has 8 rings (SSSR count). The SMILES string of the molecule is Cc1ccc2c(c1)c1ccccc1c1ccc(C3=CCCC(C4=CC(c5ccccn5)=CC(c5cccnc5)C4)=C3)cc12. The molecule has 206 valence electrons. The number of hydrogen-bond donors (Lipinski definition) is 0. The average molecular weight is 553 g/mol. The second kappa shape index (κ2) is 10.6. The summed E-state index contributed by atoms with van der Waals surface area (Å²) in [6.07, 6.45) is 18.4. The molecule has 2 heteroatoms. The first-order valence-corrected chi connectivity index (χ1v) is 15.2. The number of nitrogens with zero attached hydrogens (tertiary/aromatic N) is 2. The molecule has 1 unspecified atom stereocenters. The third-order valence-corrected chi connectivity index (χ3v) is 9.07. The summed E-state index contributed by atoms with van der Waals surface area (Å²) in [4.78, 5) is 9.12. The van der Waals surface area contributed by atoms with Crippen LogP contribution in [0.3, 0.4) is 0 Å². The number of allylic oxidation sites excluding steroid dienone is 8. The number of fused-ring (bicyclic) bond motifs is 6. The molecule has 6 aromatic rings. The lowest BCUT2D eigenvalue weighted by Gasteiger charge is -2.25.